The summed E-state index contributed by atoms with van der Waals surface area (Å²) < 4.78 is 0. The summed E-state index contributed by atoms with van der Waals surface area (Å²) in [6.45, 7) is 4.40. The molecule has 2 nitrogen and oxygen atoms in total. The molecule has 1 aromatic rings. The zero-order chi connectivity index (χ0) is 12.3. The first-order valence-electron chi connectivity index (χ1n) is 6.84. The zero-order valence-electron chi connectivity index (χ0n) is 11.0. The Balaban J connectivity index is 2.11. The second-order valence-corrected chi connectivity index (χ2v) is 5.22. The van der Waals surface area contributed by atoms with Crippen molar-refractivity contribution in [1.82, 2.24) is 0 Å². The van der Waals surface area contributed by atoms with Gasteiger partial charge < -0.3 is 11.1 Å². The van der Waals surface area contributed by atoms with Gasteiger partial charge in [0, 0.05) is 17.4 Å². The lowest BCUT2D eigenvalue weighted by molar-refractivity contribution is 0.317. The summed E-state index contributed by atoms with van der Waals surface area (Å²) in [5.74, 6) is 0.824. The van der Waals surface area contributed by atoms with E-state index in [9.17, 15) is 0 Å². The van der Waals surface area contributed by atoms with Crippen molar-refractivity contribution in [2.24, 2.45) is 5.92 Å². The molecule has 94 valence electrons. The average Bonchev–Trinajstić information content (AvgIpc) is 2.35. The van der Waals surface area contributed by atoms with Gasteiger partial charge >= 0.3 is 0 Å². The highest BCUT2D eigenvalue weighted by molar-refractivity contribution is 5.63. The number of benzene rings is 1. The van der Waals surface area contributed by atoms with Crippen molar-refractivity contribution < 1.29 is 0 Å². The highest BCUT2D eigenvalue weighted by atomic mass is 14.9. The molecular weight excluding hydrogens is 208 g/mol. The summed E-state index contributed by atoms with van der Waals surface area (Å²) in [5.41, 5.74) is 9.25. The first kappa shape index (κ1) is 12.3. The third-order valence-electron chi connectivity index (χ3n) is 4.15. The molecule has 2 rings (SSSR count). The minimum atomic E-state index is 0.634. The van der Waals surface area contributed by atoms with Crippen LogP contribution in [0.1, 0.15) is 44.6 Å². The molecule has 1 saturated carbocycles. The van der Waals surface area contributed by atoms with E-state index in [0.29, 0.717) is 6.04 Å². The fourth-order valence-corrected chi connectivity index (χ4v) is 2.90. The third-order valence-corrected chi connectivity index (χ3v) is 4.15. The van der Waals surface area contributed by atoms with Gasteiger partial charge in [-0.3, -0.25) is 0 Å². The van der Waals surface area contributed by atoms with Crippen molar-refractivity contribution in [1.29, 1.82) is 0 Å². The Labute approximate surface area is 105 Å². The first-order valence-corrected chi connectivity index (χ1v) is 6.84. The number of nitrogen functional groups attached to an aromatic ring is 1. The Kier molecular flexibility index (Phi) is 3.93. The summed E-state index contributed by atoms with van der Waals surface area (Å²) in [6.07, 6.45) is 6.70. The number of hydrogen-bond donors (Lipinski definition) is 2. The van der Waals surface area contributed by atoms with Crippen LogP contribution in [0.25, 0.3) is 0 Å². The Morgan fingerprint density at radius 3 is 2.82 bits per heavy atom. The Bertz CT molecular complexity index is 373. The van der Waals surface area contributed by atoms with Crippen molar-refractivity contribution in [2.75, 3.05) is 11.1 Å². The van der Waals surface area contributed by atoms with Gasteiger partial charge in [-0.15, -0.1) is 0 Å². The standard InChI is InChI=1S/C15H24N2/c1-3-12-7-4-5-9-15(12)17-14-10-6-8-13(16)11(14)2/h6,8,10,12,15,17H,3-5,7,9,16H2,1-2H3. The molecular formula is C15H24N2. The van der Waals surface area contributed by atoms with E-state index in [1.54, 1.807) is 0 Å². The molecule has 17 heavy (non-hydrogen) atoms. The van der Waals surface area contributed by atoms with E-state index < -0.39 is 0 Å². The number of nitrogens with two attached hydrogens (primary N) is 1. The van der Waals surface area contributed by atoms with Crippen LogP contribution in [0.5, 0.6) is 0 Å². The van der Waals surface area contributed by atoms with Crippen molar-refractivity contribution >= 4 is 11.4 Å². The summed E-state index contributed by atoms with van der Waals surface area (Å²) in [7, 11) is 0. The fourth-order valence-electron chi connectivity index (χ4n) is 2.90. The molecule has 0 radical (unpaired) electrons. The predicted octanol–water partition coefficient (Wildman–Crippen LogP) is 3.96. The van der Waals surface area contributed by atoms with E-state index in [2.05, 4.69) is 25.2 Å². The highest BCUT2D eigenvalue weighted by Crippen LogP contribution is 2.31. The third kappa shape index (κ3) is 2.74. The summed E-state index contributed by atoms with van der Waals surface area (Å²) >= 11 is 0. The molecule has 2 atom stereocenters. The summed E-state index contributed by atoms with van der Waals surface area (Å²) in [6, 6.07) is 6.79. The van der Waals surface area contributed by atoms with Crippen LogP contribution < -0.4 is 11.1 Å². The lowest BCUT2D eigenvalue weighted by Crippen LogP contribution is -2.32. The molecule has 0 aliphatic heterocycles. The summed E-state index contributed by atoms with van der Waals surface area (Å²) in [5, 5.41) is 3.71. The van der Waals surface area contributed by atoms with Crippen LogP contribution in [-0.2, 0) is 0 Å². The van der Waals surface area contributed by atoms with Gasteiger partial charge in [-0.2, -0.15) is 0 Å². The van der Waals surface area contributed by atoms with Crippen molar-refractivity contribution in [3.05, 3.63) is 23.8 Å². The van der Waals surface area contributed by atoms with Crippen molar-refractivity contribution in [3.8, 4) is 0 Å². The molecule has 3 N–H and O–H groups in total. The van der Waals surface area contributed by atoms with Crippen LogP contribution in [0.4, 0.5) is 11.4 Å². The van der Waals surface area contributed by atoms with E-state index in [1.165, 1.54) is 43.4 Å². The molecule has 0 bridgehead atoms. The number of anilines is 2. The van der Waals surface area contributed by atoms with Gasteiger partial charge in [0.15, 0.2) is 0 Å². The molecule has 1 aliphatic carbocycles. The molecule has 1 fully saturated rings. The Hall–Kier alpha value is -1.18. The van der Waals surface area contributed by atoms with E-state index in [4.69, 9.17) is 5.73 Å². The van der Waals surface area contributed by atoms with Crippen LogP contribution in [0, 0.1) is 12.8 Å². The van der Waals surface area contributed by atoms with Crippen LogP contribution in [0.3, 0.4) is 0 Å². The maximum atomic E-state index is 5.95. The van der Waals surface area contributed by atoms with E-state index in [0.717, 1.165) is 11.6 Å². The molecule has 2 unspecified atom stereocenters. The van der Waals surface area contributed by atoms with Crippen molar-refractivity contribution in [2.45, 2.75) is 52.0 Å². The molecule has 0 saturated heterocycles. The summed E-state index contributed by atoms with van der Waals surface area (Å²) in [4.78, 5) is 0. The monoisotopic (exact) mass is 232 g/mol. The van der Waals surface area contributed by atoms with Gasteiger partial charge in [-0.05, 0) is 43.4 Å². The van der Waals surface area contributed by atoms with E-state index >= 15 is 0 Å². The normalized spacial score (nSPS) is 24.6. The second kappa shape index (κ2) is 5.44. The lowest BCUT2D eigenvalue weighted by Gasteiger charge is -2.33. The SMILES string of the molecule is CCC1CCCCC1Nc1cccc(N)c1C. The maximum absolute atomic E-state index is 5.95. The molecule has 0 aromatic heterocycles. The minimum absolute atomic E-state index is 0.634. The lowest BCUT2D eigenvalue weighted by atomic mass is 9.82. The largest absolute Gasteiger partial charge is 0.398 e. The minimum Gasteiger partial charge on any atom is -0.398 e. The Morgan fingerprint density at radius 1 is 1.29 bits per heavy atom. The topological polar surface area (TPSA) is 38.0 Å². The Morgan fingerprint density at radius 2 is 2.06 bits per heavy atom. The van der Waals surface area contributed by atoms with Gasteiger partial charge in [-0.1, -0.05) is 32.3 Å². The van der Waals surface area contributed by atoms with Gasteiger partial charge in [0.2, 0.25) is 0 Å². The van der Waals surface area contributed by atoms with Gasteiger partial charge in [-0.25, -0.2) is 0 Å². The predicted molar refractivity (Wildman–Crippen MR) is 75.3 cm³/mol. The van der Waals surface area contributed by atoms with Crippen LogP contribution in [0.2, 0.25) is 0 Å². The quantitative estimate of drug-likeness (QED) is 0.774. The fraction of sp³-hybridized carbons (Fsp3) is 0.600. The molecule has 0 heterocycles. The van der Waals surface area contributed by atoms with Crippen molar-refractivity contribution in [3.63, 3.8) is 0 Å². The van der Waals surface area contributed by atoms with Gasteiger partial charge in [0.1, 0.15) is 0 Å². The first-order chi connectivity index (χ1) is 8.22. The van der Waals surface area contributed by atoms with E-state index in [-0.39, 0.29) is 0 Å². The van der Waals surface area contributed by atoms with Crippen LogP contribution >= 0.6 is 0 Å². The van der Waals surface area contributed by atoms with Crippen LogP contribution in [0.15, 0.2) is 18.2 Å². The molecule has 2 heteroatoms. The zero-order valence-corrected chi connectivity index (χ0v) is 11.0. The number of hydrogen-bond acceptors (Lipinski definition) is 2. The van der Waals surface area contributed by atoms with Crippen LogP contribution in [-0.4, -0.2) is 6.04 Å². The van der Waals surface area contributed by atoms with E-state index in [1.807, 2.05) is 12.1 Å². The molecule has 0 amide bonds. The molecule has 1 aliphatic rings. The highest BCUT2D eigenvalue weighted by Gasteiger charge is 2.23. The number of nitrogens with one attached hydrogen (secondary N) is 1. The maximum Gasteiger partial charge on any atom is 0.0392 e. The average molecular weight is 232 g/mol. The molecule has 0 spiro atoms. The van der Waals surface area contributed by atoms with Gasteiger partial charge in [0.25, 0.3) is 0 Å². The molecule has 1 aromatic carbocycles. The number of rotatable bonds is 3. The smallest absolute Gasteiger partial charge is 0.0392 e. The second-order valence-electron chi connectivity index (χ2n) is 5.22. The van der Waals surface area contributed by atoms with Gasteiger partial charge in [0.05, 0.1) is 0 Å².